The van der Waals surface area contributed by atoms with Gasteiger partial charge in [0.2, 0.25) is 0 Å². The molecular formula is C12H18ClNO. The third kappa shape index (κ3) is 3.82. The van der Waals surface area contributed by atoms with Gasteiger partial charge in [0.25, 0.3) is 0 Å². The van der Waals surface area contributed by atoms with Crippen LogP contribution in [0, 0.1) is 0 Å². The lowest BCUT2D eigenvalue weighted by Gasteiger charge is -2.26. The zero-order chi connectivity index (χ0) is 11.3. The fourth-order valence-electron chi connectivity index (χ4n) is 1.14. The number of hydrogen-bond donors (Lipinski definition) is 1. The molecule has 0 bridgehead atoms. The van der Waals surface area contributed by atoms with E-state index in [1.165, 1.54) is 0 Å². The van der Waals surface area contributed by atoms with Gasteiger partial charge in [0.1, 0.15) is 0 Å². The predicted octanol–water partition coefficient (Wildman–Crippen LogP) is 2.98. The first-order valence-corrected chi connectivity index (χ1v) is 5.56. The van der Waals surface area contributed by atoms with Gasteiger partial charge in [0, 0.05) is 11.6 Å². The molecule has 1 atom stereocenters. The monoisotopic (exact) mass is 227 g/mol. The van der Waals surface area contributed by atoms with Gasteiger partial charge >= 0.3 is 0 Å². The van der Waals surface area contributed by atoms with Gasteiger partial charge in [-0.3, -0.25) is 0 Å². The minimum absolute atomic E-state index is 0.223. The molecule has 84 valence electrons. The summed E-state index contributed by atoms with van der Waals surface area (Å²) in [5, 5.41) is 0.746. The Bertz CT molecular complexity index is 293. The van der Waals surface area contributed by atoms with Crippen LogP contribution in [0.25, 0.3) is 0 Å². The number of ether oxygens (including phenoxy) is 1. The van der Waals surface area contributed by atoms with Gasteiger partial charge in [0.15, 0.2) is 0 Å². The zero-order valence-corrected chi connectivity index (χ0v) is 10.1. The van der Waals surface area contributed by atoms with Crippen molar-refractivity contribution in [3.05, 3.63) is 34.9 Å². The van der Waals surface area contributed by atoms with Crippen molar-refractivity contribution in [2.24, 2.45) is 5.73 Å². The maximum atomic E-state index is 5.80. The van der Waals surface area contributed by atoms with Crippen LogP contribution in [0.15, 0.2) is 24.3 Å². The molecule has 1 rings (SSSR count). The van der Waals surface area contributed by atoms with Crippen LogP contribution in [0.1, 0.15) is 25.8 Å². The van der Waals surface area contributed by atoms with E-state index in [1.54, 1.807) is 0 Å². The van der Waals surface area contributed by atoms with Crippen molar-refractivity contribution in [3.8, 4) is 0 Å². The summed E-state index contributed by atoms with van der Waals surface area (Å²) in [5.74, 6) is 0. The highest BCUT2D eigenvalue weighted by Gasteiger charge is 2.20. The molecule has 0 spiro atoms. The first-order chi connectivity index (χ1) is 7.09. The van der Waals surface area contributed by atoms with Gasteiger partial charge < -0.3 is 10.5 Å². The zero-order valence-electron chi connectivity index (χ0n) is 9.29. The molecule has 2 nitrogen and oxygen atoms in total. The third-order valence-electron chi connectivity index (χ3n) is 2.68. The van der Waals surface area contributed by atoms with Crippen LogP contribution in [0.2, 0.25) is 5.02 Å². The van der Waals surface area contributed by atoms with Gasteiger partial charge in [-0.15, -0.1) is 0 Å². The van der Waals surface area contributed by atoms with Crippen molar-refractivity contribution in [3.63, 3.8) is 0 Å². The normalized spacial score (nSPS) is 14.9. The highest BCUT2D eigenvalue weighted by molar-refractivity contribution is 6.30. The Balaban J connectivity index is 2.53. The van der Waals surface area contributed by atoms with E-state index in [1.807, 2.05) is 31.2 Å². The van der Waals surface area contributed by atoms with Gasteiger partial charge in [-0.25, -0.2) is 0 Å². The first-order valence-electron chi connectivity index (χ1n) is 5.18. The van der Waals surface area contributed by atoms with Crippen LogP contribution in [-0.4, -0.2) is 12.1 Å². The van der Waals surface area contributed by atoms with Crippen molar-refractivity contribution < 1.29 is 4.74 Å². The number of rotatable bonds is 5. The molecular weight excluding hydrogens is 210 g/mol. The average Bonchev–Trinajstić information content (AvgIpc) is 2.28. The highest BCUT2D eigenvalue weighted by Crippen LogP contribution is 2.17. The largest absolute Gasteiger partial charge is 0.369 e. The van der Waals surface area contributed by atoms with E-state index in [2.05, 4.69) is 6.92 Å². The summed E-state index contributed by atoms with van der Waals surface area (Å²) in [4.78, 5) is 0. The fraction of sp³-hybridized carbons (Fsp3) is 0.500. The molecule has 2 N–H and O–H groups in total. The summed E-state index contributed by atoms with van der Waals surface area (Å²) in [6.07, 6.45) is 0.914. The Hall–Kier alpha value is -0.570. The van der Waals surface area contributed by atoms with E-state index in [-0.39, 0.29) is 5.60 Å². The van der Waals surface area contributed by atoms with E-state index in [4.69, 9.17) is 22.1 Å². The van der Waals surface area contributed by atoms with Crippen LogP contribution in [-0.2, 0) is 11.3 Å². The molecule has 1 unspecified atom stereocenters. The number of nitrogens with two attached hydrogens (primary N) is 1. The Kier molecular flexibility index (Phi) is 4.58. The van der Waals surface area contributed by atoms with E-state index in [0.717, 1.165) is 17.0 Å². The number of benzene rings is 1. The summed E-state index contributed by atoms with van der Waals surface area (Å²) in [5.41, 5.74) is 6.56. The van der Waals surface area contributed by atoms with Crippen LogP contribution in [0.4, 0.5) is 0 Å². The second kappa shape index (κ2) is 5.50. The Morgan fingerprint density at radius 1 is 1.33 bits per heavy atom. The molecule has 0 aliphatic rings. The highest BCUT2D eigenvalue weighted by atomic mass is 35.5. The Labute approximate surface area is 96.4 Å². The molecule has 0 amide bonds. The Morgan fingerprint density at radius 3 is 2.40 bits per heavy atom. The predicted molar refractivity (Wildman–Crippen MR) is 64.0 cm³/mol. The lowest BCUT2D eigenvalue weighted by atomic mass is 10.0. The molecule has 0 saturated carbocycles. The molecule has 0 heterocycles. The molecule has 0 aromatic heterocycles. The lowest BCUT2D eigenvalue weighted by molar-refractivity contribution is -0.0387. The van der Waals surface area contributed by atoms with Gasteiger partial charge in [-0.1, -0.05) is 30.7 Å². The van der Waals surface area contributed by atoms with Gasteiger partial charge in [-0.2, -0.15) is 0 Å². The minimum atomic E-state index is -0.223. The summed E-state index contributed by atoms with van der Waals surface area (Å²) in [7, 11) is 0. The molecule has 0 radical (unpaired) electrons. The van der Waals surface area contributed by atoms with Crippen molar-refractivity contribution in [1.82, 2.24) is 0 Å². The summed E-state index contributed by atoms with van der Waals surface area (Å²) in [6.45, 7) is 5.23. The summed E-state index contributed by atoms with van der Waals surface area (Å²) < 4.78 is 5.79. The van der Waals surface area contributed by atoms with Gasteiger partial charge in [0.05, 0.1) is 12.2 Å². The van der Waals surface area contributed by atoms with Crippen LogP contribution in [0.5, 0.6) is 0 Å². The molecule has 0 aliphatic carbocycles. The molecule has 0 aliphatic heterocycles. The second-order valence-corrected chi connectivity index (χ2v) is 4.36. The standard InChI is InChI=1S/C12H18ClNO/c1-3-12(2,9-14)15-8-10-4-6-11(13)7-5-10/h4-7H,3,8-9,14H2,1-2H3. The van der Waals surface area contributed by atoms with Crippen molar-refractivity contribution in [2.75, 3.05) is 6.54 Å². The number of halogens is 1. The van der Waals surface area contributed by atoms with Crippen LogP contribution in [0.3, 0.4) is 0 Å². The van der Waals surface area contributed by atoms with E-state index < -0.39 is 0 Å². The first kappa shape index (κ1) is 12.5. The second-order valence-electron chi connectivity index (χ2n) is 3.92. The number of hydrogen-bond acceptors (Lipinski definition) is 2. The molecule has 0 fully saturated rings. The Morgan fingerprint density at radius 2 is 1.93 bits per heavy atom. The minimum Gasteiger partial charge on any atom is -0.369 e. The van der Waals surface area contributed by atoms with Crippen LogP contribution < -0.4 is 5.73 Å². The lowest BCUT2D eigenvalue weighted by Crippen LogP contribution is -2.36. The van der Waals surface area contributed by atoms with E-state index >= 15 is 0 Å². The van der Waals surface area contributed by atoms with Crippen molar-refractivity contribution in [1.29, 1.82) is 0 Å². The van der Waals surface area contributed by atoms with E-state index in [0.29, 0.717) is 13.2 Å². The molecule has 1 aromatic rings. The van der Waals surface area contributed by atoms with E-state index in [9.17, 15) is 0 Å². The summed E-state index contributed by atoms with van der Waals surface area (Å²) in [6, 6.07) is 7.67. The topological polar surface area (TPSA) is 35.2 Å². The fourth-order valence-corrected chi connectivity index (χ4v) is 1.27. The average molecular weight is 228 g/mol. The maximum Gasteiger partial charge on any atom is 0.0778 e. The third-order valence-corrected chi connectivity index (χ3v) is 2.93. The van der Waals surface area contributed by atoms with Crippen molar-refractivity contribution in [2.45, 2.75) is 32.5 Å². The smallest absolute Gasteiger partial charge is 0.0778 e. The molecule has 3 heteroatoms. The quantitative estimate of drug-likeness (QED) is 0.840. The van der Waals surface area contributed by atoms with Gasteiger partial charge in [-0.05, 0) is 31.0 Å². The van der Waals surface area contributed by atoms with Crippen molar-refractivity contribution >= 4 is 11.6 Å². The van der Waals surface area contributed by atoms with Crippen LogP contribution >= 0.6 is 11.6 Å². The maximum absolute atomic E-state index is 5.80. The molecule has 15 heavy (non-hydrogen) atoms. The SMILES string of the molecule is CCC(C)(CN)OCc1ccc(Cl)cc1. The molecule has 0 saturated heterocycles. The summed E-state index contributed by atoms with van der Waals surface area (Å²) >= 11 is 5.80. The molecule has 1 aromatic carbocycles.